The molecular formula is C20H22N2O3. The molecule has 2 aromatic rings. The second kappa shape index (κ2) is 8.44. The number of hydrogen-bond donors (Lipinski definition) is 0. The third-order valence-electron chi connectivity index (χ3n) is 4.08. The van der Waals surface area contributed by atoms with Crippen LogP contribution in [0.2, 0.25) is 0 Å². The van der Waals surface area contributed by atoms with E-state index in [1.165, 1.54) is 0 Å². The summed E-state index contributed by atoms with van der Waals surface area (Å²) in [6.45, 7) is 0.986. The first-order chi connectivity index (χ1) is 12.2. The van der Waals surface area contributed by atoms with Gasteiger partial charge in [-0.25, -0.2) is 0 Å². The molecule has 1 aliphatic heterocycles. The van der Waals surface area contributed by atoms with Gasteiger partial charge >= 0.3 is 0 Å². The van der Waals surface area contributed by atoms with E-state index in [9.17, 15) is 4.79 Å². The van der Waals surface area contributed by atoms with E-state index < -0.39 is 0 Å². The first kappa shape index (κ1) is 17.2. The quantitative estimate of drug-likeness (QED) is 0.780. The first-order valence-electron chi connectivity index (χ1n) is 8.36. The normalized spacial score (nSPS) is 16.2. The fourth-order valence-corrected chi connectivity index (χ4v) is 2.68. The average Bonchev–Trinajstić information content (AvgIpc) is 3.12. The van der Waals surface area contributed by atoms with E-state index in [2.05, 4.69) is 5.16 Å². The van der Waals surface area contributed by atoms with Crippen LogP contribution in [0.25, 0.3) is 0 Å². The molecule has 0 bridgehead atoms. The van der Waals surface area contributed by atoms with Crippen LogP contribution in [0.5, 0.6) is 0 Å². The molecule has 2 aromatic carbocycles. The summed E-state index contributed by atoms with van der Waals surface area (Å²) in [6, 6.07) is 19.8. The number of rotatable bonds is 7. The van der Waals surface area contributed by atoms with Crippen molar-refractivity contribution in [3.63, 3.8) is 0 Å². The zero-order chi connectivity index (χ0) is 17.5. The van der Waals surface area contributed by atoms with E-state index in [-0.39, 0.29) is 18.6 Å². The number of likely N-dealkylation sites (N-methyl/N-ethyl adjacent to an activating group) is 1. The molecule has 5 heteroatoms. The third-order valence-corrected chi connectivity index (χ3v) is 4.08. The number of amides is 1. The molecule has 5 nitrogen and oxygen atoms in total. The molecule has 0 fully saturated rings. The Hall–Kier alpha value is -2.66. The minimum absolute atomic E-state index is 0.0600. The van der Waals surface area contributed by atoms with Crippen LogP contribution in [-0.4, -0.2) is 42.8 Å². The van der Waals surface area contributed by atoms with Gasteiger partial charge in [-0.2, -0.15) is 0 Å². The summed E-state index contributed by atoms with van der Waals surface area (Å²) >= 11 is 0. The fourth-order valence-electron chi connectivity index (χ4n) is 2.68. The Labute approximate surface area is 147 Å². The lowest BCUT2D eigenvalue weighted by Gasteiger charge is -2.20. The lowest BCUT2D eigenvalue weighted by atomic mass is 10.1. The number of ether oxygens (including phenoxy) is 1. The van der Waals surface area contributed by atoms with E-state index in [0.717, 1.165) is 16.8 Å². The smallest absolute Gasteiger partial charge is 0.248 e. The number of nitrogens with zero attached hydrogens (tertiary/aromatic N) is 2. The molecule has 3 rings (SSSR count). The van der Waals surface area contributed by atoms with Gasteiger partial charge < -0.3 is 14.5 Å². The van der Waals surface area contributed by atoms with Crippen molar-refractivity contribution >= 4 is 11.6 Å². The number of carbonyl (C=O) groups is 1. The standard InChI is InChI=1S/C20H22N2O3/c1-22(20(23)15-24-14-16-8-4-2-5-9-16)13-18-12-19(21-25-18)17-10-6-3-7-11-17/h2-11,18H,12-15H2,1H3. The highest BCUT2D eigenvalue weighted by atomic mass is 16.6. The molecule has 1 unspecified atom stereocenters. The summed E-state index contributed by atoms with van der Waals surface area (Å²) in [5, 5.41) is 4.15. The molecule has 0 N–H and O–H groups in total. The highest BCUT2D eigenvalue weighted by Crippen LogP contribution is 2.17. The number of benzene rings is 2. The molecule has 1 atom stereocenters. The maximum absolute atomic E-state index is 12.2. The van der Waals surface area contributed by atoms with Gasteiger partial charge in [0.05, 0.1) is 18.9 Å². The molecule has 130 valence electrons. The Morgan fingerprint density at radius 3 is 2.56 bits per heavy atom. The zero-order valence-electron chi connectivity index (χ0n) is 14.3. The van der Waals surface area contributed by atoms with Crippen molar-refractivity contribution in [1.82, 2.24) is 4.90 Å². The summed E-state index contributed by atoms with van der Waals surface area (Å²) in [4.78, 5) is 19.3. The second-order valence-corrected chi connectivity index (χ2v) is 6.09. The largest absolute Gasteiger partial charge is 0.390 e. The molecule has 1 amide bonds. The molecule has 0 saturated heterocycles. The topological polar surface area (TPSA) is 51.1 Å². The van der Waals surface area contributed by atoms with Crippen molar-refractivity contribution in [3.05, 3.63) is 71.8 Å². The predicted octanol–water partition coefficient (Wildman–Crippen LogP) is 2.85. The van der Waals surface area contributed by atoms with Crippen LogP contribution in [-0.2, 0) is 21.0 Å². The summed E-state index contributed by atoms with van der Waals surface area (Å²) < 4.78 is 5.50. The average molecular weight is 338 g/mol. The molecule has 0 aromatic heterocycles. The Balaban J connectivity index is 1.40. The van der Waals surface area contributed by atoms with Gasteiger partial charge in [0.2, 0.25) is 5.91 Å². The molecule has 1 aliphatic rings. The van der Waals surface area contributed by atoms with Crippen molar-refractivity contribution in [2.24, 2.45) is 5.16 Å². The Bertz CT molecular complexity index is 716. The highest BCUT2D eigenvalue weighted by molar-refractivity contribution is 6.01. The van der Waals surface area contributed by atoms with E-state index in [0.29, 0.717) is 19.6 Å². The van der Waals surface area contributed by atoms with Crippen LogP contribution in [0.1, 0.15) is 17.5 Å². The van der Waals surface area contributed by atoms with Gasteiger partial charge in [0.25, 0.3) is 0 Å². The molecular weight excluding hydrogens is 316 g/mol. The zero-order valence-corrected chi connectivity index (χ0v) is 14.3. The predicted molar refractivity (Wildman–Crippen MR) is 96.2 cm³/mol. The van der Waals surface area contributed by atoms with Gasteiger partial charge in [-0.1, -0.05) is 65.8 Å². The van der Waals surface area contributed by atoms with Crippen molar-refractivity contribution in [2.75, 3.05) is 20.2 Å². The monoisotopic (exact) mass is 338 g/mol. The lowest BCUT2D eigenvalue weighted by molar-refractivity contribution is -0.136. The number of carbonyl (C=O) groups excluding carboxylic acids is 1. The first-order valence-corrected chi connectivity index (χ1v) is 8.36. The molecule has 25 heavy (non-hydrogen) atoms. The molecule has 0 radical (unpaired) electrons. The van der Waals surface area contributed by atoms with Crippen LogP contribution in [0, 0.1) is 0 Å². The van der Waals surface area contributed by atoms with E-state index in [1.807, 2.05) is 60.7 Å². The summed E-state index contributed by atoms with van der Waals surface area (Å²) in [6.07, 6.45) is 0.588. The maximum Gasteiger partial charge on any atom is 0.248 e. The van der Waals surface area contributed by atoms with Crippen molar-refractivity contribution in [1.29, 1.82) is 0 Å². The van der Waals surface area contributed by atoms with Crippen molar-refractivity contribution < 1.29 is 14.4 Å². The van der Waals surface area contributed by atoms with Crippen LogP contribution < -0.4 is 0 Å². The second-order valence-electron chi connectivity index (χ2n) is 6.09. The van der Waals surface area contributed by atoms with Crippen molar-refractivity contribution in [3.8, 4) is 0 Å². The van der Waals surface area contributed by atoms with Gasteiger partial charge in [0.1, 0.15) is 6.61 Å². The minimum atomic E-state index is -0.113. The number of oxime groups is 1. The van der Waals surface area contributed by atoms with E-state index >= 15 is 0 Å². The highest BCUT2D eigenvalue weighted by Gasteiger charge is 2.25. The summed E-state index contributed by atoms with van der Waals surface area (Å²) in [5.41, 5.74) is 3.04. The van der Waals surface area contributed by atoms with Crippen molar-refractivity contribution in [2.45, 2.75) is 19.1 Å². The minimum Gasteiger partial charge on any atom is -0.390 e. The Morgan fingerprint density at radius 2 is 1.84 bits per heavy atom. The lowest BCUT2D eigenvalue weighted by Crippen LogP contribution is -2.36. The van der Waals surface area contributed by atoms with Crippen LogP contribution in [0.4, 0.5) is 0 Å². The van der Waals surface area contributed by atoms with E-state index in [4.69, 9.17) is 9.57 Å². The molecule has 0 aliphatic carbocycles. The molecule has 1 heterocycles. The van der Waals surface area contributed by atoms with E-state index in [1.54, 1.807) is 11.9 Å². The van der Waals surface area contributed by atoms with Gasteiger partial charge in [-0.05, 0) is 11.1 Å². The number of hydrogen-bond acceptors (Lipinski definition) is 4. The van der Waals surface area contributed by atoms with Crippen LogP contribution in [0.15, 0.2) is 65.8 Å². The third kappa shape index (κ3) is 4.90. The summed E-state index contributed by atoms with van der Waals surface area (Å²) in [7, 11) is 1.76. The SMILES string of the molecule is CN(CC1CC(c2ccccc2)=NO1)C(=O)COCc1ccccc1. The molecule has 0 saturated carbocycles. The summed E-state index contributed by atoms with van der Waals surface area (Å²) in [5.74, 6) is -0.0623. The maximum atomic E-state index is 12.2. The Kier molecular flexibility index (Phi) is 5.80. The van der Waals surface area contributed by atoms with Crippen LogP contribution in [0.3, 0.4) is 0 Å². The van der Waals surface area contributed by atoms with Crippen LogP contribution >= 0.6 is 0 Å². The Morgan fingerprint density at radius 1 is 1.16 bits per heavy atom. The van der Waals surface area contributed by atoms with Gasteiger partial charge in [-0.3, -0.25) is 4.79 Å². The van der Waals surface area contributed by atoms with Gasteiger partial charge in [0.15, 0.2) is 6.10 Å². The molecule has 0 spiro atoms. The van der Waals surface area contributed by atoms with Gasteiger partial charge in [0, 0.05) is 13.5 Å². The van der Waals surface area contributed by atoms with Gasteiger partial charge in [-0.15, -0.1) is 0 Å². The fraction of sp³-hybridized carbons (Fsp3) is 0.300.